The molecule has 3 atom stereocenters. The van der Waals surface area contributed by atoms with Crippen LogP contribution in [0.25, 0.3) is 0 Å². The Morgan fingerprint density at radius 3 is 2.33 bits per heavy atom. The van der Waals surface area contributed by atoms with E-state index in [-0.39, 0.29) is 30.7 Å². The fourth-order valence-corrected chi connectivity index (χ4v) is 5.67. The number of aryl methyl sites for hydroxylation is 1. The molecule has 0 saturated carbocycles. The Kier molecular flexibility index (Phi) is 6.36. The van der Waals surface area contributed by atoms with Crippen molar-refractivity contribution in [3.8, 4) is 0 Å². The van der Waals surface area contributed by atoms with Gasteiger partial charge >= 0.3 is 6.03 Å². The summed E-state index contributed by atoms with van der Waals surface area (Å²) in [6.07, 6.45) is 2.77. The summed E-state index contributed by atoms with van der Waals surface area (Å²) in [6.45, 7) is 5.01. The number of benzene rings is 2. The fraction of sp³-hybridized carbons (Fsp3) is 0.481. The van der Waals surface area contributed by atoms with Gasteiger partial charge in [-0.3, -0.25) is 4.79 Å². The lowest BCUT2D eigenvalue weighted by molar-refractivity contribution is -0.139. The van der Waals surface area contributed by atoms with E-state index in [1.54, 1.807) is 0 Å². The Balaban J connectivity index is 1.25. The van der Waals surface area contributed by atoms with Crippen molar-refractivity contribution in [2.24, 2.45) is 5.92 Å². The SMILES string of the molecule is Cc1ccc([C@@H](c2ccccc2)C2CCN(C(=O)N3CCC4OCC(=O)N[C@@H]4C3)CC2)cc1. The normalized spacial score (nSPS) is 24.7. The highest BCUT2D eigenvalue weighted by Gasteiger charge is 2.38. The first kappa shape index (κ1) is 22.0. The summed E-state index contributed by atoms with van der Waals surface area (Å²) in [6, 6.07) is 19.7. The molecule has 174 valence electrons. The van der Waals surface area contributed by atoms with E-state index in [9.17, 15) is 9.59 Å². The highest BCUT2D eigenvalue weighted by atomic mass is 16.5. The van der Waals surface area contributed by atoms with Crippen molar-refractivity contribution in [2.75, 3.05) is 32.8 Å². The molecule has 6 nitrogen and oxygen atoms in total. The Bertz CT molecular complexity index is 970. The molecule has 2 aromatic rings. The van der Waals surface area contributed by atoms with Crippen molar-refractivity contribution in [2.45, 2.75) is 44.2 Å². The molecule has 3 heterocycles. The highest BCUT2D eigenvalue weighted by Crippen LogP contribution is 2.38. The number of urea groups is 1. The standard InChI is InChI=1S/C27H33N3O3/c1-19-7-9-21(10-8-19)26(20-5-3-2-4-6-20)22-11-14-29(15-12-22)27(32)30-16-13-24-23(17-30)28-25(31)18-33-24/h2-10,22-24,26H,11-18H2,1H3,(H,28,31)/t23-,24?,26-/m1/s1. The van der Waals surface area contributed by atoms with E-state index in [4.69, 9.17) is 4.74 Å². The summed E-state index contributed by atoms with van der Waals surface area (Å²) in [5.41, 5.74) is 3.97. The third kappa shape index (κ3) is 4.76. The number of amides is 3. The maximum Gasteiger partial charge on any atom is 0.320 e. The van der Waals surface area contributed by atoms with Crippen molar-refractivity contribution in [3.63, 3.8) is 0 Å². The van der Waals surface area contributed by atoms with Crippen LogP contribution in [-0.2, 0) is 9.53 Å². The zero-order valence-corrected chi connectivity index (χ0v) is 19.3. The van der Waals surface area contributed by atoms with Gasteiger partial charge in [-0.2, -0.15) is 0 Å². The van der Waals surface area contributed by atoms with Gasteiger partial charge in [-0.25, -0.2) is 4.79 Å². The van der Waals surface area contributed by atoms with Crippen LogP contribution in [0, 0.1) is 12.8 Å². The number of nitrogens with one attached hydrogen (secondary N) is 1. The third-order valence-electron chi connectivity index (χ3n) is 7.47. The number of ether oxygens (including phenoxy) is 1. The average Bonchev–Trinajstić information content (AvgIpc) is 2.85. The molecule has 1 unspecified atom stereocenters. The van der Waals surface area contributed by atoms with Crippen molar-refractivity contribution >= 4 is 11.9 Å². The minimum Gasteiger partial charge on any atom is -0.366 e. The Hall–Kier alpha value is -2.86. The maximum absolute atomic E-state index is 13.3. The quantitative estimate of drug-likeness (QED) is 0.783. The Morgan fingerprint density at radius 1 is 0.939 bits per heavy atom. The lowest BCUT2D eigenvalue weighted by Crippen LogP contribution is -2.62. The topological polar surface area (TPSA) is 61.9 Å². The number of hydrogen-bond donors (Lipinski definition) is 1. The van der Waals surface area contributed by atoms with Crippen LogP contribution >= 0.6 is 0 Å². The summed E-state index contributed by atoms with van der Waals surface area (Å²) in [4.78, 5) is 28.9. The number of morpholine rings is 1. The van der Waals surface area contributed by atoms with Crippen molar-refractivity contribution in [1.82, 2.24) is 15.1 Å². The number of carbonyl (C=O) groups excluding carboxylic acids is 2. The molecule has 3 fully saturated rings. The van der Waals surface area contributed by atoms with E-state index < -0.39 is 0 Å². The van der Waals surface area contributed by atoms with Gasteiger partial charge in [0.15, 0.2) is 0 Å². The maximum atomic E-state index is 13.3. The zero-order chi connectivity index (χ0) is 22.8. The van der Waals surface area contributed by atoms with Gasteiger partial charge in [0.05, 0.1) is 12.1 Å². The summed E-state index contributed by atoms with van der Waals surface area (Å²) < 4.78 is 5.64. The third-order valence-corrected chi connectivity index (χ3v) is 7.47. The minimum absolute atomic E-state index is 0.0265. The molecule has 0 bridgehead atoms. The number of likely N-dealkylation sites (tertiary alicyclic amines) is 2. The van der Waals surface area contributed by atoms with E-state index in [2.05, 4.69) is 66.8 Å². The molecule has 0 spiro atoms. The predicted octanol–water partition coefficient (Wildman–Crippen LogP) is 3.55. The Labute approximate surface area is 195 Å². The molecule has 0 aromatic heterocycles. The molecule has 33 heavy (non-hydrogen) atoms. The van der Waals surface area contributed by atoms with Crippen molar-refractivity contribution in [3.05, 3.63) is 71.3 Å². The lowest BCUT2D eigenvalue weighted by atomic mass is 9.76. The lowest BCUT2D eigenvalue weighted by Gasteiger charge is -2.44. The second-order valence-corrected chi connectivity index (χ2v) is 9.66. The number of piperidine rings is 2. The van der Waals surface area contributed by atoms with Crippen LogP contribution in [0.5, 0.6) is 0 Å². The van der Waals surface area contributed by atoms with Crippen LogP contribution in [0.15, 0.2) is 54.6 Å². The van der Waals surface area contributed by atoms with Gasteiger partial charge in [-0.15, -0.1) is 0 Å². The van der Waals surface area contributed by atoms with E-state index in [1.807, 2.05) is 9.80 Å². The van der Waals surface area contributed by atoms with Gasteiger partial charge in [0.2, 0.25) is 5.91 Å². The largest absolute Gasteiger partial charge is 0.366 e. The van der Waals surface area contributed by atoms with Gasteiger partial charge < -0.3 is 19.9 Å². The number of hydrogen-bond acceptors (Lipinski definition) is 3. The summed E-state index contributed by atoms with van der Waals surface area (Å²) in [5.74, 6) is 0.750. The van der Waals surface area contributed by atoms with Gasteiger partial charge in [-0.05, 0) is 43.2 Å². The van der Waals surface area contributed by atoms with Crippen LogP contribution in [0.1, 0.15) is 41.9 Å². The summed E-state index contributed by atoms with van der Waals surface area (Å²) >= 11 is 0. The second-order valence-electron chi connectivity index (χ2n) is 9.66. The molecular formula is C27H33N3O3. The minimum atomic E-state index is -0.0921. The van der Waals surface area contributed by atoms with Crippen LogP contribution < -0.4 is 5.32 Å². The predicted molar refractivity (Wildman–Crippen MR) is 127 cm³/mol. The molecule has 3 saturated heterocycles. The highest BCUT2D eigenvalue weighted by molar-refractivity contribution is 5.79. The molecule has 3 aliphatic heterocycles. The molecule has 3 aliphatic rings. The number of rotatable bonds is 3. The van der Waals surface area contributed by atoms with Crippen LogP contribution in [0.3, 0.4) is 0 Å². The van der Waals surface area contributed by atoms with Crippen molar-refractivity contribution in [1.29, 1.82) is 0 Å². The molecular weight excluding hydrogens is 414 g/mol. The summed E-state index contributed by atoms with van der Waals surface area (Å²) in [5, 5.41) is 2.99. The molecule has 5 rings (SSSR count). The molecule has 0 radical (unpaired) electrons. The summed E-state index contributed by atoms with van der Waals surface area (Å²) in [7, 11) is 0. The smallest absolute Gasteiger partial charge is 0.320 e. The molecule has 0 aliphatic carbocycles. The second kappa shape index (κ2) is 9.56. The van der Waals surface area contributed by atoms with Crippen molar-refractivity contribution < 1.29 is 14.3 Å². The van der Waals surface area contributed by atoms with Crippen LogP contribution in [0.4, 0.5) is 4.79 Å². The van der Waals surface area contributed by atoms with E-state index in [0.29, 0.717) is 24.9 Å². The molecule has 2 aromatic carbocycles. The molecule has 1 N–H and O–H groups in total. The van der Waals surface area contributed by atoms with Crippen LogP contribution in [-0.4, -0.2) is 66.7 Å². The first-order valence-electron chi connectivity index (χ1n) is 12.1. The molecule has 6 heteroatoms. The fourth-order valence-electron chi connectivity index (χ4n) is 5.67. The monoisotopic (exact) mass is 447 g/mol. The zero-order valence-electron chi connectivity index (χ0n) is 19.3. The Morgan fingerprint density at radius 2 is 1.61 bits per heavy atom. The number of nitrogens with zero attached hydrogens (tertiary/aromatic N) is 2. The molecule has 3 amide bonds. The van der Waals surface area contributed by atoms with Crippen LogP contribution in [0.2, 0.25) is 0 Å². The van der Waals surface area contributed by atoms with Gasteiger partial charge in [0.1, 0.15) is 6.61 Å². The van der Waals surface area contributed by atoms with E-state index in [0.717, 1.165) is 32.4 Å². The van der Waals surface area contributed by atoms with Gasteiger partial charge in [-0.1, -0.05) is 60.2 Å². The first-order chi connectivity index (χ1) is 16.1. The number of fused-ring (bicyclic) bond motifs is 1. The first-order valence-corrected chi connectivity index (χ1v) is 12.1. The van der Waals surface area contributed by atoms with Gasteiger partial charge in [0.25, 0.3) is 0 Å². The number of carbonyl (C=O) groups is 2. The average molecular weight is 448 g/mol. The van der Waals surface area contributed by atoms with E-state index >= 15 is 0 Å². The van der Waals surface area contributed by atoms with E-state index in [1.165, 1.54) is 16.7 Å². The van der Waals surface area contributed by atoms with Gasteiger partial charge in [0, 0.05) is 32.1 Å².